The van der Waals surface area contributed by atoms with Gasteiger partial charge in [0, 0.05) is 4.47 Å². The molecular weight excluding hydrogens is 380 g/mol. The SMILES string of the molecule is Brc1ccc(-c2cnc(CNc3nncn3-c3ccccc3)[nH]2)cc1. The summed E-state index contributed by atoms with van der Waals surface area (Å²) >= 11 is 3.45. The van der Waals surface area contributed by atoms with E-state index in [-0.39, 0.29) is 0 Å². The van der Waals surface area contributed by atoms with Crippen LogP contribution >= 0.6 is 15.9 Å². The van der Waals surface area contributed by atoms with Crippen LogP contribution < -0.4 is 5.32 Å². The van der Waals surface area contributed by atoms with Gasteiger partial charge >= 0.3 is 0 Å². The van der Waals surface area contributed by atoms with E-state index < -0.39 is 0 Å². The molecule has 25 heavy (non-hydrogen) atoms. The second kappa shape index (κ2) is 6.90. The lowest BCUT2D eigenvalue weighted by Gasteiger charge is -2.07. The summed E-state index contributed by atoms with van der Waals surface area (Å²) < 4.78 is 2.95. The number of nitrogens with one attached hydrogen (secondary N) is 2. The first-order chi connectivity index (χ1) is 12.3. The van der Waals surface area contributed by atoms with E-state index >= 15 is 0 Å². The third-order valence-electron chi connectivity index (χ3n) is 3.78. The van der Waals surface area contributed by atoms with Crippen LogP contribution in [0.3, 0.4) is 0 Å². The Morgan fingerprint density at radius 2 is 1.84 bits per heavy atom. The number of hydrogen-bond donors (Lipinski definition) is 2. The highest BCUT2D eigenvalue weighted by Crippen LogP contribution is 2.20. The van der Waals surface area contributed by atoms with E-state index in [1.54, 1.807) is 6.33 Å². The first-order valence-corrected chi connectivity index (χ1v) is 8.58. The Kier molecular flexibility index (Phi) is 4.30. The van der Waals surface area contributed by atoms with Crippen LogP contribution in [0.25, 0.3) is 16.9 Å². The maximum absolute atomic E-state index is 4.43. The van der Waals surface area contributed by atoms with Gasteiger partial charge in [0.15, 0.2) is 0 Å². The van der Waals surface area contributed by atoms with Gasteiger partial charge in [0.05, 0.1) is 24.1 Å². The van der Waals surface area contributed by atoms with Gasteiger partial charge in [-0.15, -0.1) is 10.2 Å². The Balaban J connectivity index is 1.48. The van der Waals surface area contributed by atoms with Crippen molar-refractivity contribution < 1.29 is 0 Å². The van der Waals surface area contributed by atoms with E-state index in [0.717, 1.165) is 27.2 Å². The molecule has 0 fully saturated rings. The van der Waals surface area contributed by atoms with Gasteiger partial charge < -0.3 is 10.3 Å². The minimum atomic E-state index is 0.530. The standard InChI is InChI=1S/C18H15BrN6/c19-14-8-6-13(7-9-14)16-10-20-17(23-16)11-21-18-24-22-12-25(18)15-4-2-1-3-5-15/h1-10,12H,11H2,(H,20,23)(H,21,24). The van der Waals surface area contributed by atoms with E-state index in [2.05, 4.69) is 41.4 Å². The Morgan fingerprint density at radius 1 is 1.04 bits per heavy atom. The molecule has 2 heterocycles. The number of benzene rings is 2. The third kappa shape index (κ3) is 3.46. The number of aromatic amines is 1. The van der Waals surface area contributed by atoms with Crippen LogP contribution in [0.5, 0.6) is 0 Å². The highest BCUT2D eigenvalue weighted by Gasteiger charge is 2.08. The molecule has 0 aliphatic rings. The molecule has 0 bridgehead atoms. The van der Waals surface area contributed by atoms with Gasteiger partial charge in [-0.2, -0.15) is 0 Å². The first-order valence-electron chi connectivity index (χ1n) is 7.79. The summed E-state index contributed by atoms with van der Waals surface area (Å²) in [6.07, 6.45) is 3.52. The molecule has 0 saturated carbocycles. The van der Waals surface area contributed by atoms with Crippen molar-refractivity contribution in [2.24, 2.45) is 0 Å². The van der Waals surface area contributed by atoms with Gasteiger partial charge in [-0.05, 0) is 29.8 Å². The lowest BCUT2D eigenvalue weighted by atomic mass is 10.2. The van der Waals surface area contributed by atoms with Crippen molar-refractivity contribution in [3.8, 4) is 16.9 Å². The number of H-pyrrole nitrogens is 1. The van der Waals surface area contributed by atoms with Crippen LogP contribution in [-0.2, 0) is 6.54 Å². The van der Waals surface area contributed by atoms with Gasteiger partial charge in [0.2, 0.25) is 5.95 Å². The number of halogens is 1. The molecule has 0 radical (unpaired) electrons. The number of aromatic nitrogens is 5. The van der Waals surface area contributed by atoms with Crippen LogP contribution in [0.2, 0.25) is 0 Å². The lowest BCUT2D eigenvalue weighted by Crippen LogP contribution is -2.07. The van der Waals surface area contributed by atoms with E-state index in [1.165, 1.54) is 0 Å². The van der Waals surface area contributed by atoms with Crippen molar-refractivity contribution >= 4 is 21.9 Å². The fraction of sp³-hybridized carbons (Fsp3) is 0.0556. The quantitative estimate of drug-likeness (QED) is 0.535. The smallest absolute Gasteiger partial charge is 0.229 e. The molecular formula is C18H15BrN6. The summed E-state index contributed by atoms with van der Waals surface area (Å²) in [4.78, 5) is 7.75. The average Bonchev–Trinajstić information content (AvgIpc) is 3.31. The number of nitrogens with zero attached hydrogens (tertiary/aromatic N) is 4. The minimum absolute atomic E-state index is 0.530. The number of para-hydroxylation sites is 1. The van der Waals surface area contributed by atoms with E-state index in [1.807, 2.05) is 65.4 Å². The predicted octanol–water partition coefficient (Wildman–Crippen LogP) is 4.03. The molecule has 0 aliphatic heterocycles. The van der Waals surface area contributed by atoms with E-state index in [0.29, 0.717) is 12.5 Å². The van der Waals surface area contributed by atoms with E-state index in [9.17, 15) is 0 Å². The van der Waals surface area contributed by atoms with Crippen molar-refractivity contribution in [3.05, 3.63) is 77.4 Å². The van der Waals surface area contributed by atoms with Crippen LogP contribution in [0.1, 0.15) is 5.82 Å². The fourth-order valence-corrected chi connectivity index (χ4v) is 2.79. The molecule has 4 rings (SSSR count). The summed E-state index contributed by atoms with van der Waals surface area (Å²) in [6.45, 7) is 0.530. The van der Waals surface area contributed by atoms with Gasteiger partial charge in [-0.25, -0.2) is 4.98 Å². The molecule has 0 aliphatic carbocycles. The highest BCUT2D eigenvalue weighted by atomic mass is 79.9. The molecule has 4 aromatic rings. The topological polar surface area (TPSA) is 71.4 Å². The summed E-state index contributed by atoms with van der Waals surface area (Å²) in [7, 11) is 0. The van der Waals surface area contributed by atoms with Gasteiger partial charge in [-0.3, -0.25) is 4.57 Å². The van der Waals surface area contributed by atoms with Crippen LogP contribution in [0.4, 0.5) is 5.95 Å². The molecule has 2 aromatic carbocycles. The zero-order chi connectivity index (χ0) is 17.1. The fourth-order valence-electron chi connectivity index (χ4n) is 2.52. The van der Waals surface area contributed by atoms with Crippen molar-refractivity contribution in [2.45, 2.75) is 6.54 Å². The first kappa shape index (κ1) is 15.6. The number of imidazole rings is 1. The summed E-state index contributed by atoms with van der Waals surface area (Å²) in [5.41, 5.74) is 3.08. The average molecular weight is 395 g/mol. The highest BCUT2D eigenvalue weighted by molar-refractivity contribution is 9.10. The molecule has 0 saturated heterocycles. The molecule has 0 unspecified atom stereocenters. The zero-order valence-electron chi connectivity index (χ0n) is 13.2. The second-order valence-corrected chi connectivity index (χ2v) is 6.38. The number of anilines is 1. The molecule has 2 N–H and O–H groups in total. The van der Waals surface area contributed by atoms with Crippen molar-refractivity contribution in [3.63, 3.8) is 0 Å². The van der Waals surface area contributed by atoms with Gasteiger partial charge in [-0.1, -0.05) is 46.3 Å². The molecule has 7 heteroatoms. The molecule has 0 spiro atoms. The summed E-state index contributed by atoms with van der Waals surface area (Å²) in [6, 6.07) is 18.1. The van der Waals surface area contributed by atoms with Gasteiger partial charge in [0.1, 0.15) is 12.2 Å². The molecule has 0 atom stereocenters. The summed E-state index contributed by atoms with van der Waals surface area (Å²) in [5.74, 6) is 1.51. The van der Waals surface area contributed by atoms with Crippen LogP contribution in [0, 0.1) is 0 Å². The zero-order valence-corrected chi connectivity index (χ0v) is 14.8. The Hall–Kier alpha value is -2.93. The minimum Gasteiger partial charge on any atom is -0.347 e. The molecule has 2 aromatic heterocycles. The Morgan fingerprint density at radius 3 is 2.64 bits per heavy atom. The molecule has 124 valence electrons. The Bertz CT molecular complexity index is 959. The van der Waals surface area contributed by atoms with Crippen molar-refractivity contribution in [1.29, 1.82) is 0 Å². The number of rotatable bonds is 5. The van der Waals surface area contributed by atoms with Crippen molar-refractivity contribution in [1.82, 2.24) is 24.7 Å². The maximum atomic E-state index is 4.43. The van der Waals surface area contributed by atoms with Crippen LogP contribution in [-0.4, -0.2) is 24.7 Å². The van der Waals surface area contributed by atoms with Crippen LogP contribution in [0.15, 0.2) is 71.6 Å². The van der Waals surface area contributed by atoms with E-state index in [4.69, 9.17) is 0 Å². The Labute approximate surface area is 153 Å². The third-order valence-corrected chi connectivity index (χ3v) is 4.31. The molecule has 0 amide bonds. The van der Waals surface area contributed by atoms with Crippen molar-refractivity contribution in [2.75, 3.05) is 5.32 Å². The summed E-state index contributed by atoms with van der Waals surface area (Å²) in [5, 5.41) is 11.4. The number of hydrogen-bond acceptors (Lipinski definition) is 4. The monoisotopic (exact) mass is 394 g/mol. The molecule has 6 nitrogen and oxygen atoms in total. The normalized spacial score (nSPS) is 10.8. The lowest BCUT2D eigenvalue weighted by molar-refractivity contribution is 0.947. The predicted molar refractivity (Wildman–Crippen MR) is 100 cm³/mol. The van der Waals surface area contributed by atoms with Gasteiger partial charge in [0.25, 0.3) is 0 Å². The second-order valence-electron chi connectivity index (χ2n) is 5.46. The maximum Gasteiger partial charge on any atom is 0.229 e. The largest absolute Gasteiger partial charge is 0.347 e.